The monoisotopic (exact) mass is 152 g/mol. The number of hydrogen-bond acceptors (Lipinski definition) is 3. The normalized spacial score (nSPS) is 10.6. The molecular weight excluding hydrogens is 144 g/mol. The number of fused-ring (bicyclic) bond motifs is 1. The van der Waals surface area contributed by atoms with Gasteiger partial charge in [0.1, 0.15) is 11.8 Å². The zero-order valence-electron chi connectivity index (χ0n) is 5.88. The fraction of sp³-hybridized carbons (Fsp3) is 0.167. The van der Waals surface area contributed by atoms with Gasteiger partial charge in [0.15, 0.2) is 5.65 Å². The van der Waals surface area contributed by atoms with Crippen molar-refractivity contribution >= 4 is 11.2 Å². The molecule has 0 aliphatic carbocycles. The van der Waals surface area contributed by atoms with Gasteiger partial charge in [-0.1, -0.05) is 0 Å². The number of nitrogens with one attached hydrogen (secondary N) is 2. The summed E-state index contributed by atoms with van der Waals surface area (Å²) in [5.74, 6) is 0. The van der Waals surface area contributed by atoms with Gasteiger partial charge in [-0.05, 0) is 6.92 Å². The van der Waals surface area contributed by atoms with Gasteiger partial charge in [0.25, 0.3) is 0 Å². The van der Waals surface area contributed by atoms with Crippen molar-refractivity contribution < 1.29 is 1.43 Å². The van der Waals surface area contributed by atoms with Crippen molar-refractivity contribution in [2.75, 3.05) is 0 Å². The highest BCUT2D eigenvalue weighted by atomic mass is 16.1. The molecule has 0 aliphatic rings. The number of hydrogen-bond donors (Lipinski definition) is 2. The Morgan fingerprint density at radius 3 is 3.00 bits per heavy atom. The molecule has 5 heteroatoms. The van der Waals surface area contributed by atoms with Crippen LogP contribution in [0.1, 0.15) is 7.12 Å². The van der Waals surface area contributed by atoms with Crippen LogP contribution in [0.4, 0.5) is 0 Å². The third kappa shape index (κ3) is 0.813. The molecule has 0 aromatic carbocycles. The first-order valence-electron chi connectivity index (χ1n) is 3.17. The highest BCUT2D eigenvalue weighted by Crippen LogP contribution is 2.04. The zero-order valence-corrected chi connectivity index (χ0v) is 5.88. The largest absolute Gasteiger partial charge is 0.325 e. The van der Waals surface area contributed by atoms with Crippen LogP contribution in [0.15, 0.2) is 11.1 Å². The fourth-order valence-corrected chi connectivity index (χ4v) is 0.970. The minimum Gasteiger partial charge on any atom is -0.303 e. The quantitative estimate of drug-likeness (QED) is 0.566. The first kappa shape index (κ1) is 6.09. The topological polar surface area (TPSA) is 74.4 Å². The average Bonchev–Trinajstić information content (AvgIpc) is 2.31. The van der Waals surface area contributed by atoms with Crippen molar-refractivity contribution in [3.05, 3.63) is 22.5 Å². The summed E-state index contributed by atoms with van der Waals surface area (Å²) in [5.41, 5.74) is 1.76. The Hall–Kier alpha value is -1.65. The summed E-state index contributed by atoms with van der Waals surface area (Å²) < 4.78 is 0. The molecule has 2 N–H and O–H groups in total. The van der Waals surface area contributed by atoms with E-state index >= 15 is 0 Å². The molecule has 0 atom stereocenters. The van der Waals surface area contributed by atoms with E-state index in [-0.39, 0.29) is 7.12 Å². The Morgan fingerprint density at radius 1 is 1.45 bits per heavy atom. The fourth-order valence-electron chi connectivity index (χ4n) is 0.970. The van der Waals surface area contributed by atoms with E-state index in [9.17, 15) is 4.79 Å². The van der Waals surface area contributed by atoms with Crippen molar-refractivity contribution in [2.24, 2.45) is 0 Å². The Labute approximate surface area is 63.0 Å². The summed E-state index contributed by atoms with van der Waals surface area (Å²) in [7, 11) is 0. The maximum absolute atomic E-state index is 10.8. The molecule has 11 heavy (non-hydrogen) atoms. The van der Waals surface area contributed by atoms with Gasteiger partial charge >= 0.3 is 5.69 Å². The van der Waals surface area contributed by atoms with Crippen molar-refractivity contribution in [3.8, 4) is 0 Å². The Kier molecular flexibility index (Phi) is 1.06. The van der Waals surface area contributed by atoms with Crippen LogP contribution in [-0.4, -0.2) is 19.9 Å². The van der Waals surface area contributed by atoms with E-state index in [1.807, 2.05) is 6.92 Å². The molecule has 0 bridgehead atoms. The molecule has 0 spiro atoms. The smallest absolute Gasteiger partial charge is 0.303 e. The van der Waals surface area contributed by atoms with Gasteiger partial charge in [-0.25, -0.2) is 14.8 Å². The standard InChI is InChI=1S/C6H6N4O.H2/c1-3-4-5(8-2-7-3)10-6(11)9-4;/h2H,1H3,(H2,7,8,9,10,11);1H. The first-order chi connectivity index (χ1) is 5.27. The van der Waals surface area contributed by atoms with Crippen molar-refractivity contribution in [3.63, 3.8) is 0 Å². The summed E-state index contributed by atoms with van der Waals surface area (Å²) in [6.07, 6.45) is 1.42. The molecule has 0 fully saturated rings. The van der Waals surface area contributed by atoms with Crippen molar-refractivity contribution in [1.82, 2.24) is 19.9 Å². The minimum absolute atomic E-state index is 0. The van der Waals surface area contributed by atoms with Gasteiger partial charge in [0.2, 0.25) is 0 Å². The Balaban J connectivity index is 0.000000720. The van der Waals surface area contributed by atoms with E-state index in [0.29, 0.717) is 11.2 Å². The van der Waals surface area contributed by atoms with Gasteiger partial charge in [0, 0.05) is 1.43 Å². The van der Waals surface area contributed by atoms with Crippen molar-refractivity contribution in [2.45, 2.75) is 6.92 Å². The molecule has 2 aromatic heterocycles. The van der Waals surface area contributed by atoms with Crippen LogP contribution >= 0.6 is 0 Å². The maximum Gasteiger partial charge on any atom is 0.325 e. The average molecular weight is 152 g/mol. The van der Waals surface area contributed by atoms with E-state index in [4.69, 9.17) is 0 Å². The molecule has 0 saturated heterocycles. The summed E-state index contributed by atoms with van der Waals surface area (Å²) in [6.45, 7) is 1.81. The molecule has 5 nitrogen and oxygen atoms in total. The zero-order chi connectivity index (χ0) is 7.84. The second kappa shape index (κ2) is 1.91. The SMILES string of the molecule is Cc1ncnc2[nH]c(=O)[nH]c12.[HH]. The lowest BCUT2D eigenvalue weighted by molar-refractivity contribution is 1.14. The minimum atomic E-state index is -0.247. The van der Waals surface area contributed by atoms with Crippen LogP contribution in [0, 0.1) is 6.92 Å². The number of aryl methyl sites for hydroxylation is 1. The van der Waals surface area contributed by atoms with Gasteiger partial charge in [-0.15, -0.1) is 0 Å². The maximum atomic E-state index is 10.8. The summed E-state index contributed by atoms with van der Waals surface area (Å²) in [4.78, 5) is 23.7. The molecular formula is C6H8N4O. The van der Waals surface area contributed by atoms with Gasteiger partial charge in [-0.3, -0.25) is 4.98 Å². The molecule has 2 heterocycles. The number of H-pyrrole nitrogens is 2. The lowest BCUT2D eigenvalue weighted by Gasteiger charge is -1.89. The number of aromatic nitrogens is 4. The van der Waals surface area contributed by atoms with Crippen LogP contribution in [-0.2, 0) is 0 Å². The predicted molar refractivity (Wildman–Crippen MR) is 41.4 cm³/mol. The van der Waals surface area contributed by atoms with Gasteiger partial charge in [0.05, 0.1) is 5.69 Å². The second-order valence-corrected chi connectivity index (χ2v) is 2.26. The number of nitrogens with zero attached hydrogens (tertiary/aromatic N) is 2. The molecule has 0 aliphatic heterocycles. The van der Waals surface area contributed by atoms with E-state index < -0.39 is 0 Å². The van der Waals surface area contributed by atoms with E-state index in [2.05, 4.69) is 19.9 Å². The second-order valence-electron chi connectivity index (χ2n) is 2.26. The van der Waals surface area contributed by atoms with E-state index in [1.165, 1.54) is 6.33 Å². The van der Waals surface area contributed by atoms with Crippen molar-refractivity contribution in [1.29, 1.82) is 0 Å². The van der Waals surface area contributed by atoms with E-state index in [1.54, 1.807) is 0 Å². The Morgan fingerprint density at radius 2 is 2.27 bits per heavy atom. The molecule has 0 unspecified atom stereocenters. The molecule has 2 aromatic rings. The predicted octanol–water partition coefficient (Wildman–Crippen LogP) is 0.201. The molecule has 2 rings (SSSR count). The number of rotatable bonds is 0. The molecule has 0 saturated carbocycles. The van der Waals surface area contributed by atoms with Crippen LogP contribution in [0.3, 0.4) is 0 Å². The lowest BCUT2D eigenvalue weighted by Crippen LogP contribution is -1.99. The number of aromatic amines is 2. The van der Waals surface area contributed by atoms with Gasteiger partial charge < -0.3 is 4.98 Å². The molecule has 0 amide bonds. The van der Waals surface area contributed by atoms with Crippen LogP contribution in [0.25, 0.3) is 11.2 Å². The summed E-state index contributed by atoms with van der Waals surface area (Å²) in [6, 6.07) is 0. The lowest BCUT2D eigenvalue weighted by atomic mass is 10.4. The third-order valence-electron chi connectivity index (χ3n) is 1.51. The highest BCUT2D eigenvalue weighted by molar-refractivity contribution is 5.71. The molecule has 58 valence electrons. The third-order valence-corrected chi connectivity index (χ3v) is 1.51. The number of imidazole rings is 1. The van der Waals surface area contributed by atoms with Gasteiger partial charge in [-0.2, -0.15) is 0 Å². The van der Waals surface area contributed by atoms with E-state index in [0.717, 1.165) is 5.69 Å². The van der Waals surface area contributed by atoms with Crippen LogP contribution in [0.2, 0.25) is 0 Å². The first-order valence-corrected chi connectivity index (χ1v) is 3.17. The highest BCUT2D eigenvalue weighted by Gasteiger charge is 2.00. The molecule has 0 radical (unpaired) electrons. The van der Waals surface area contributed by atoms with Crippen LogP contribution < -0.4 is 5.69 Å². The summed E-state index contributed by atoms with van der Waals surface area (Å²) >= 11 is 0. The Bertz CT molecular complexity index is 446. The summed E-state index contributed by atoms with van der Waals surface area (Å²) in [5, 5.41) is 0. The van der Waals surface area contributed by atoms with Crippen LogP contribution in [0.5, 0.6) is 0 Å².